The third-order valence-corrected chi connectivity index (χ3v) is 6.69. The van der Waals surface area contributed by atoms with Crippen molar-refractivity contribution in [3.8, 4) is 0 Å². The highest BCUT2D eigenvalue weighted by molar-refractivity contribution is 8.00. The van der Waals surface area contributed by atoms with Gasteiger partial charge in [0.05, 0.1) is 11.3 Å². The topological polar surface area (TPSA) is 71.4 Å². The number of carbonyl (C=O) groups excluding carboxylic acids is 2. The van der Waals surface area contributed by atoms with Crippen LogP contribution in [-0.2, 0) is 4.79 Å². The van der Waals surface area contributed by atoms with Crippen molar-refractivity contribution >= 4 is 69.4 Å². The molecule has 1 aliphatic rings. The van der Waals surface area contributed by atoms with Crippen molar-refractivity contribution < 1.29 is 9.59 Å². The van der Waals surface area contributed by atoms with Gasteiger partial charge in [-0.1, -0.05) is 40.9 Å². The summed E-state index contributed by atoms with van der Waals surface area (Å²) in [5, 5.41) is 2.63. The molecule has 1 saturated heterocycles. The Kier molecular flexibility index (Phi) is 5.72. The molecule has 30 heavy (non-hydrogen) atoms. The van der Waals surface area contributed by atoms with E-state index in [0.29, 0.717) is 37.1 Å². The second kappa shape index (κ2) is 8.15. The highest BCUT2D eigenvalue weighted by Crippen LogP contribution is 2.41. The average Bonchev–Trinajstić information content (AvgIpc) is 3.02. The zero-order chi connectivity index (χ0) is 21.6. The van der Waals surface area contributed by atoms with Crippen LogP contribution in [0, 0.1) is 6.92 Å². The summed E-state index contributed by atoms with van der Waals surface area (Å²) in [6, 6.07) is 10.4. The molecule has 1 aromatic heterocycles. The lowest BCUT2D eigenvalue weighted by molar-refractivity contribution is -0.130. The minimum atomic E-state index is -0.752. The Labute approximate surface area is 190 Å². The highest BCUT2D eigenvalue weighted by atomic mass is 35.5. The van der Waals surface area contributed by atoms with Gasteiger partial charge in [-0.25, -0.2) is 19.8 Å². The number of thioether (sulfide) groups is 1. The molecule has 0 saturated carbocycles. The number of carbonyl (C=O) groups is 2. The van der Waals surface area contributed by atoms with E-state index in [1.165, 1.54) is 22.8 Å². The number of aromatic nitrogens is 1. The highest BCUT2D eigenvalue weighted by Gasteiger charge is 2.36. The van der Waals surface area contributed by atoms with Gasteiger partial charge in [0.15, 0.2) is 0 Å². The zero-order valence-electron chi connectivity index (χ0n) is 15.5. The van der Waals surface area contributed by atoms with E-state index in [0.717, 1.165) is 4.57 Å². The molecule has 6 nitrogen and oxygen atoms in total. The van der Waals surface area contributed by atoms with E-state index in [-0.39, 0.29) is 11.7 Å². The summed E-state index contributed by atoms with van der Waals surface area (Å²) >= 11 is 19.6. The average molecular weight is 483 g/mol. The molecule has 0 radical (unpaired) electrons. The number of halogens is 3. The van der Waals surface area contributed by atoms with Gasteiger partial charge in [-0.05, 0) is 42.8 Å². The number of amides is 2. The summed E-state index contributed by atoms with van der Waals surface area (Å²) in [6.45, 7) is 1.77. The fourth-order valence-electron chi connectivity index (χ4n) is 3.30. The number of pyridine rings is 1. The second-order valence-electron chi connectivity index (χ2n) is 6.67. The third-order valence-electron chi connectivity index (χ3n) is 4.70. The summed E-state index contributed by atoms with van der Waals surface area (Å²) in [6.07, 6.45) is 0. The number of fused-ring (bicyclic) bond motifs is 1. The second-order valence-corrected chi connectivity index (χ2v) is 9.02. The Morgan fingerprint density at radius 2 is 1.77 bits per heavy atom. The van der Waals surface area contributed by atoms with E-state index >= 15 is 0 Å². The summed E-state index contributed by atoms with van der Waals surface area (Å²) < 4.78 is 0.982. The molecule has 1 fully saturated rings. The van der Waals surface area contributed by atoms with Gasteiger partial charge >= 0.3 is 6.03 Å². The van der Waals surface area contributed by atoms with Gasteiger partial charge in [0, 0.05) is 32.1 Å². The minimum Gasteiger partial charge on any atom is -0.272 e. The number of nitrogens with zero attached hydrogens (tertiary/aromatic N) is 2. The molecule has 2 heterocycles. The van der Waals surface area contributed by atoms with Crippen LogP contribution in [0.2, 0.25) is 15.1 Å². The van der Waals surface area contributed by atoms with Gasteiger partial charge < -0.3 is 0 Å². The number of hydrazine groups is 1. The first-order valence-electron chi connectivity index (χ1n) is 8.78. The zero-order valence-corrected chi connectivity index (χ0v) is 18.6. The molecule has 2 aromatic carbocycles. The Hall–Kier alpha value is -2.19. The number of nitrogens with one attached hydrogen (secondary N) is 1. The lowest BCUT2D eigenvalue weighted by Gasteiger charge is -2.25. The van der Waals surface area contributed by atoms with Crippen molar-refractivity contribution in [2.45, 2.75) is 12.3 Å². The lowest BCUT2D eigenvalue weighted by atomic mass is 10.1. The van der Waals surface area contributed by atoms with Gasteiger partial charge in [-0.2, -0.15) is 0 Å². The van der Waals surface area contributed by atoms with Crippen molar-refractivity contribution in [1.29, 1.82) is 0 Å². The number of aryl methyl sites for hydroxylation is 1. The van der Waals surface area contributed by atoms with Gasteiger partial charge in [0.25, 0.3) is 11.5 Å². The van der Waals surface area contributed by atoms with E-state index in [1.54, 1.807) is 43.3 Å². The first-order chi connectivity index (χ1) is 14.3. The van der Waals surface area contributed by atoms with E-state index in [1.807, 2.05) is 0 Å². The third kappa shape index (κ3) is 3.78. The van der Waals surface area contributed by atoms with Crippen molar-refractivity contribution in [2.24, 2.45) is 0 Å². The molecule has 3 aromatic rings. The molecule has 1 atom stereocenters. The van der Waals surface area contributed by atoms with Crippen molar-refractivity contribution in [2.75, 3.05) is 5.75 Å². The lowest BCUT2D eigenvalue weighted by Crippen LogP contribution is -2.48. The van der Waals surface area contributed by atoms with Crippen molar-refractivity contribution in [1.82, 2.24) is 15.0 Å². The molecular formula is C20H14Cl3N3O3S. The number of hydrogen-bond donors (Lipinski definition) is 1. The maximum atomic E-state index is 13.1. The standard InChI is InChI=1S/C20H14Cl3N3O3S/c1-10-6-17(27)25(16-5-3-11(21)7-14(10)16)20(29)24-26-18(28)9-30-19(26)13-4-2-12(22)8-15(13)23/h2-8,19H,9H2,1H3,(H,24,29). The Morgan fingerprint density at radius 3 is 2.50 bits per heavy atom. The summed E-state index contributed by atoms with van der Waals surface area (Å²) in [7, 11) is 0. The van der Waals surface area contributed by atoms with Crippen LogP contribution in [0.5, 0.6) is 0 Å². The molecular weight excluding hydrogens is 469 g/mol. The van der Waals surface area contributed by atoms with Crippen LogP contribution in [0.3, 0.4) is 0 Å². The summed E-state index contributed by atoms with van der Waals surface area (Å²) in [5.74, 6) is -0.153. The smallest absolute Gasteiger partial charge is 0.272 e. The van der Waals surface area contributed by atoms with Crippen LogP contribution >= 0.6 is 46.6 Å². The molecule has 4 rings (SSSR count). The number of rotatable bonds is 2. The van der Waals surface area contributed by atoms with E-state index in [4.69, 9.17) is 34.8 Å². The first-order valence-corrected chi connectivity index (χ1v) is 11.0. The molecule has 1 unspecified atom stereocenters. The maximum Gasteiger partial charge on any atom is 0.347 e. The van der Waals surface area contributed by atoms with Crippen LogP contribution in [0.15, 0.2) is 47.3 Å². The van der Waals surface area contributed by atoms with Gasteiger partial charge in [0.2, 0.25) is 0 Å². The minimum absolute atomic E-state index is 0.156. The van der Waals surface area contributed by atoms with E-state index in [9.17, 15) is 14.4 Å². The molecule has 0 spiro atoms. The van der Waals surface area contributed by atoms with Crippen LogP contribution in [0.4, 0.5) is 4.79 Å². The monoisotopic (exact) mass is 481 g/mol. The predicted octanol–water partition coefficient (Wildman–Crippen LogP) is 5.02. The fraction of sp³-hybridized carbons (Fsp3) is 0.150. The SMILES string of the molecule is Cc1cc(=O)n(C(=O)NN2C(=O)CSC2c2ccc(Cl)cc2Cl)c2ccc(Cl)cc12. The van der Waals surface area contributed by atoms with E-state index < -0.39 is 17.0 Å². The normalized spacial score (nSPS) is 16.3. The largest absolute Gasteiger partial charge is 0.347 e. The van der Waals surface area contributed by atoms with Gasteiger partial charge in [-0.15, -0.1) is 11.8 Å². The maximum absolute atomic E-state index is 13.1. The Balaban J connectivity index is 1.72. The molecule has 1 N–H and O–H groups in total. The van der Waals surface area contributed by atoms with Crippen LogP contribution in [0.1, 0.15) is 16.5 Å². The fourth-order valence-corrected chi connectivity index (χ4v) is 5.20. The summed E-state index contributed by atoms with van der Waals surface area (Å²) in [4.78, 5) is 38.1. The van der Waals surface area contributed by atoms with Gasteiger partial charge in [0.1, 0.15) is 5.37 Å². The molecule has 0 aliphatic carbocycles. The quantitative estimate of drug-likeness (QED) is 0.557. The predicted molar refractivity (Wildman–Crippen MR) is 120 cm³/mol. The molecule has 2 amide bonds. The molecule has 0 bridgehead atoms. The van der Waals surface area contributed by atoms with Crippen molar-refractivity contribution in [3.63, 3.8) is 0 Å². The number of benzene rings is 2. The Morgan fingerprint density at radius 1 is 1.07 bits per heavy atom. The van der Waals surface area contributed by atoms with Crippen LogP contribution in [0.25, 0.3) is 10.9 Å². The molecule has 1 aliphatic heterocycles. The van der Waals surface area contributed by atoms with Gasteiger partial charge in [-0.3, -0.25) is 9.59 Å². The molecule has 10 heteroatoms. The van der Waals surface area contributed by atoms with Crippen LogP contribution in [-0.4, -0.2) is 27.3 Å². The van der Waals surface area contributed by atoms with Crippen LogP contribution < -0.4 is 11.0 Å². The Bertz CT molecular complexity index is 1260. The summed E-state index contributed by atoms with van der Waals surface area (Å²) in [5.41, 5.74) is 3.77. The first kappa shape index (κ1) is 21.1. The molecule has 154 valence electrons. The van der Waals surface area contributed by atoms with E-state index in [2.05, 4.69) is 5.43 Å². The number of hydrogen-bond acceptors (Lipinski definition) is 4. The van der Waals surface area contributed by atoms with Crippen molar-refractivity contribution in [3.05, 3.63) is 79.0 Å².